The zero-order valence-electron chi connectivity index (χ0n) is 11.1. The van der Waals surface area contributed by atoms with Crippen molar-refractivity contribution in [3.63, 3.8) is 0 Å². The first kappa shape index (κ1) is 11.5. The minimum absolute atomic E-state index is 1.10. The third-order valence-corrected chi connectivity index (χ3v) is 3.72. The van der Waals surface area contributed by atoms with Gasteiger partial charge in [-0.2, -0.15) is 0 Å². The molecule has 0 radical (unpaired) electrons. The predicted octanol–water partition coefficient (Wildman–Crippen LogP) is 2.30. The van der Waals surface area contributed by atoms with Crippen LogP contribution in [0.3, 0.4) is 0 Å². The van der Waals surface area contributed by atoms with E-state index in [1.807, 2.05) is 6.20 Å². The number of nitrogens with zero attached hydrogens (tertiary/aromatic N) is 3. The van der Waals surface area contributed by atoms with Crippen molar-refractivity contribution < 1.29 is 0 Å². The predicted molar refractivity (Wildman–Crippen MR) is 76.2 cm³/mol. The van der Waals surface area contributed by atoms with Gasteiger partial charge in [0.15, 0.2) is 0 Å². The normalized spacial score (nSPS) is 17.3. The van der Waals surface area contributed by atoms with Crippen LogP contribution >= 0.6 is 0 Å². The molecule has 94 valence electrons. The lowest BCUT2D eigenvalue weighted by Gasteiger charge is -2.34. The van der Waals surface area contributed by atoms with Gasteiger partial charge in [-0.15, -0.1) is 0 Å². The summed E-state index contributed by atoms with van der Waals surface area (Å²) in [5.74, 6) is 0. The molecule has 1 aromatic heterocycles. The topological polar surface area (TPSA) is 19.4 Å². The van der Waals surface area contributed by atoms with Gasteiger partial charge >= 0.3 is 0 Å². The van der Waals surface area contributed by atoms with Crippen molar-refractivity contribution in [2.75, 3.05) is 38.1 Å². The maximum absolute atomic E-state index is 4.48. The molecule has 0 unspecified atom stereocenters. The van der Waals surface area contributed by atoms with Gasteiger partial charge < -0.3 is 9.80 Å². The summed E-state index contributed by atoms with van der Waals surface area (Å²) in [6, 6.07) is 8.67. The Labute approximate surface area is 108 Å². The highest BCUT2D eigenvalue weighted by molar-refractivity contribution is 5.91. The summed E-state index contributed by atoms with van der Waals surface area (Å²) in [5, 5.41) is 1.27. The molecule has 3 rings (SSSR count). The molecule has 3 heteroatoms. The summed E-state index contributed by atoms with van der Waals surface area (Å²) >= 11 is 0. The van der Waals surface area contributed by atoms with Crippen molar-refractivity contribution in [1.82, 2.24) is 9.88 Å². The van der Waals surface area contributed by atoms with Crippen LogP contribution in [0.15, 0.2) is 30.5 Å². The van der Waals surface area contributed by atoms with Gasteiger partial charge in [0.2, 0.25) is 0 Å². The maximum atomic E-state index is 4.48. The quantitative estimate of drug-likeness (QED) is 0.763. The molecule has 0 saturated carbocycles. The molecule has 0 aliphatic carbocycles. The van der Waals surface area contributed by atoms with Crippen molar-refractivity contribution in [2.45, 2.75) is 6.92 Å². The van der Waals surface area contributed by atoms with Crippen LogP contribution in [0.4, 0.5) is 5.69 Å². The number of hydrogen-bond acceptors (Lipinski definition) is 3. The summed E-state index contributed by atoms with van der Waals surface area (Å²) in [6.07, 6.45) is 1.93. The highest BCUT2D eigenvalue weighted by Gasteiger charge is 2.16. The van der Waals surface area contributed by atoms with Gasteiger partial charge in [0.25, 0.3) is 0 Å². The Morgan fingerprint density at radius 2 is 1.83 bits per heavy atom. The zero-order chi connectivity index (χ0) is 12.5. The van der Waals surface area contributed by atoms with E-state index >= 15 is 0 Å². The molecule has 0 spiro atoms. The number of likely N-dealkylation sites (N-methyl/N-ethyl adjacent to an activating group) is 1. The van der Waals surface area contributed by atoms with Crippen LogP contribution < -0.4 is 4.90 Å². The van der Waals surface area contributed by atoms with Crippen LogP contribution in [0.1, 0.15) is 5.56 Å². The minimum Gasteiger partial charge on any atom is -0.368 e. The Kier molecular flexibility index (Phi) is 2.92. The minimum atomic E-state index is 1.10. The maximum Gasteiger partial charge on any atom is 0.0725 e. The fraction of sp³-hybridized carbons (Fsp3) is 0.400. The van der Waals surface area contributed by atoms with Gasteiger partial charge in [-0.25, -0.2) is 0 Å². The Balaban J connectivity index is 2.01. The molecule has 3 nitrogen and oxygen atoms in total. The van der Waals surface area contributed by atoms with Crippen molar-refractivity contribution in [2.24, 2.45) is 0 Å². The first-order chi connectivity index (χ1) is 8.74. The average Bonchev–Trinajstić information content (AvgIpc) is 2.38. The summed E-state index contributed by atoms with van der Waals surface area (Å²) < 4.78 is 0. The molecular formula is C15H19N3. The number of benzene rings is 1. The van der Waals surface area contributed by atoms with Crippen LogP contribution in [0.2, 0.25) is 0 Å². The summed E-state index contributed by atoms with van der Waals surface area (Å²) in [7, 11) is 2.19. The number of aromatic nitrogens is 1. The fourth-order valence-corrected chi connectivity index (χ4v) is 2.57. The average molecular weight is 241 g/mol. The lowest BCUT2D eigenvalue weighted by atomic mass is 10.1. The van der Waals surface area contributed by atoms with E-state index in [-0.39, 0.29) is 0 Å². The molecule has 2 aromatic rings. The summed E-state index contributed by atoms with van der Waals surface area (Å²) in [6.45, 7) is 6.59. The second-order valence-corrected chi connectivity index (χ2v) is 5.14. The zero-order valence-corrected chi connectivity index (χ0v) is 11.1. The van der Waals surface area contributed by atoms with Gasteiger partial charge in [0, 0.05) is 43.4 Å². The Bertz CT molecular complexity index is 557. The molecule has 18 heavy (non-hydrogen) atoms. The van der Waals surface area contributed by atoms with E-state index in [4.69, 9.17) is 0 Å². The number of piperazine rings is 1. The molecule has 0 bridgehead atoms. The summed E-state index contributed by atoms with van der Waals surface area (Å²) in [4.78, 5) is 9.33. The molecule has 2 heterocycles. The lowest BCUT2D eigenvalue weighted by Crippen LogP contribution is -2.44. The molecule has 1 saturated heterocycles. The van der Waals surface area contributed by atoms with Crippen molar-refractivity contribution in [1.29, 1.82) is 0 Å². The number of hydrogen-bond donors (Lipinski definition) is 0. The molecular weight excluding hydrogens is 222 g/mol. The first-order valence-electron chi connectivity index (χ1n) is 6.53. The molecule has 0 N–H and O–H groups in total. The number of pyridine rings is 1. The van der Waals surface area contributed by atoms with Gasteiger partial charge in [-0.1, -0.05) is 12.1 Å². The second kappa shape index (κ2) is 4.58. The van der Waals surface area contributed by atoms with Gasteiger partial charge in [0.05, 0.1) is 5.52 Å². The highest BCUT2D eigenvalue weighted by atomic mass is 15.2. The Morgan fingerprint density at radius 3 is 2.61 bits per heavy atom. The number of rotatable bonds is 1. The third kappa shape index (κ3) is 2.06. The van der Waals surface area contributed by atoms with Gasteiger partial charge in [-0.3, -0.25) is 4.98 Å². The van der Waals surface area contributed by atoms with Crippen LogP contribution in [0.5, 0.6) is 0 Å². The smallest absolute Gasteiger partial charge is 0.0725 e. The SMILES string of the molecule is Cc1ccc2c(N3CCN(C)CC3)ccnc2c1. The van der Waals surface area contributed by atoms with Crippen molar-refractivity contribution in [3.05, 3.63) is 36.0 Å². The monoisotopic (exact) mass is 241 g/mol. The van der Waals surface area contributed by atoms with E-state index in [2.05, 4.69) is 53.0 Å². The fourth-order valence-electron chi connectivity index (χ4n) is 2.57. The number of anilines is 1. The molecule has 1 aliphatic heterocycles. The van der Waals surface area contributed by atoms with E-state index in [9.17, 15) is 0 Å². The van der Waals surface area contributed by atoms with Crippen LogP contribution in [0, 0.1) is 6.92 Å². The van der Waals surface area contributed by atoms with E-state index in [0.29, 0.717) is 0 Å². The van der Waals surface area contributed by atoms with Gasteiger partial charge in [0.1, 0.15) is 0 Å². The van der Waals surface area contributed by atoms with E-state index in [1.54, 1.807) is 0 Å². The first-order valence-corrected chi connectivity index (χ1v) is 6.53. The third-order valence-electron chi connectivity index (χ3n) is 3.72. The molecule has 0 atom stereocenters. The van der Waals surface area contributed by atoms with Crippen LogP contribution in [-0.4, -0.2) is 43.1 Å². The van der Waals surface area contributed by atoms with Crippen molar-refractivity contribution >= 4 is 16.6 Å². The Morgan fingerprint density at radius 1 is 1.06 bits per heavy atom. The van der Waals surface area contributed by atoms with E-state index in [0.717, 1.165) is 31.7 Å². The van der Waals surface area contributed by atoms with Crippen LogP contribution in [-0.2, 0) is 0 Å². The number of fused-ring (bicyclic) bond motifs is 1. The molecule has 1 aliphatic rings. The second-order valence-electron chi connectivity index (χ2n) is 5.14. The van der Waals surface area contributed by atoms with Gasteiger partial charge in [-0.05, 0) is 31.7 Å². The van der Waals surface area contributed by atoms with E-state index in [1.165, 1.54) is 16.6 Å². The summed E-state index contributed by atoms with van der Waals surface area (Å²) in [5.41, 5.74) is 3.70. The molecule has 1 fully saturated rings. The number of aryl methyl sites for hydroxylation is 1. The molecule has 1 aromatic carbocycles. The van der Waals surface area contributed by atoms with Crippen LogP contribution in [0.25, 0.3) is 10.9 Å². The van der Waals surface area contributed by atoms with Crippen molar-refractivity contribution in [3.8, 4) is 0 Å². The lowest BCUT2D eigenvalue weighted by molar-refractivity contribution is 0.313. The molecule has 0 amide bonds. The Hall–Kier alpha value is -1.61. The largest absolute Gasteiger partial charge is 0.368 e. The van der Waals surface area contributed by atoms with E-state index < -0.39 is 0 Å². The highest BCUT2D eigenvalue weighted by Crippen LogP contribution is 2.26. The standard InChI is InChI=1S/C15H19N3/c1-12-3-4-13-14(11-12)16-6-5-15(13)18-9-7-17(2)8-10-18/h3-6,11H,7-10H2,1-2H3.